The molecule has 1 amide bonds. The first-order valence-corrected chi connectivity index (χ1v) is 8.91. The minimum Gasteiger partial charge on any atom is -0.380 e. The molecule has 0 bridgehead atoms. The SMILES string of the molecule is CCOCCN(C)C(=O)c1cnn(-c2cccc(C(F)(F)F)c2)c1C1CC1. The van der Waals surface area contributed by atoms with Gasteiger partial charge < -0.3 is 9.64 Å². The van der Waals surface area contributed by atoms with Gasteiger partial charge in [0.05, 0.1) is 35.3 Å². The second-order valence-corrected chi connectivity index (χ2v) is 6.60. The van der Waals surface area contributed by atoms with E-state index in [-0.39, 0.29) is 11.8 Å². The number of hydrogen-bond donors (Lipinski definition) is 0. The van der Waals surface area contributed by atoms with Crippen LogP contribution in [0.5, 0.6) is 0 Å². The Bertz CT molecular complexity index is 813. The number of likely N-dealkylation sites (N-methyl/N-ethyl adjacent to an activating group) is 1. The number of benzene rings is 1. The van der Waals surface area contributed by atoms with E-state index >= 15 is 0 Å². The number of ether oxygens (including phenoxy) is 1. The number of carbonyl (C=O) groups is 1. The van der Waals surface area contributed by atoms with Crippen LogP contribution in [-0.4, -0.2) is 47.4 Å². The molecule has 0 aliphatic heterocycles. The third-order valence-corrected chi connectivity index (χ3v) is 4.54. The standard InChI is InChI=1S/C19H22F3N3O2/c1-3-27-10-9-24(2)18(26)16-12-23-25(17(16)13-7-8-13)15-6-4-5-14(11-15)19(20,21)22/h4-6,11-13H,3,7-10H2,1-2H3. The van der Waals surface area contributed by atoms with Crippen LogP contribution in [-0.2, 0) is 10.9 Å². The average Bonchev–Trinajstić information content (AvgIpc) is 3.38. The number of halogens is 3. The van der Waals surface area contributed by atoms with E-state index in [1.54, 1.807) is 18.0 Å². The second kappa shape index (κ2) is 7.72. The summed E-state index contributed by atoms with van der Waals surface area (Å²) in [6.07, 6.45) is -1.18. The number of carbonyl (C=O) groups excluding carboxylic acids is 1. The van der Waals surface area contributed by atoms with Crippen LogP contribution in [0.15, 0.2) is 30.5 Å². The summed E-state index contributed by atoms with van der Waals surface area (Å²) in [5.41, 5.74) is 0.693. The van der Waals surface area contributed by atoms with Crippen molar-refractivity contribution in [1.82, 2.24) is 14.7 Å². The fourth-order valence-electron chi connectivity index (χ4n) is 2.95. The van der Waals surface area contributed by atoms with Crippen molar-refractivity contribution in [1.29, 1.82) is 0 Å². The van der Waals surface area contributed by atoms with Crippen LogP contribution in [0, 0.1) is 0 Å². The Hall–Kier alpha value is -2.35. The number of aromatic nitrogens is 2. The molecular formula is C19H22F3N3O2. The van der Waals surface area contributed by atoms with Gasteiger partial charge in [-0.2, -0.15) is 18.3 Å². The highest BCUT2D eigenvalue weighted by Gasteiger charge is 2.35. The largest absolute Gasteiger partial charge is 0.416 e. The van der Waals surface area contributed by atoms with Gasteiger partial charge in [-0.25, -0.2) is 4.68 Å². The summed E-state index contributed by atoms with van der Waals surface area (Å²) in [5, 5.41) is 4.24. The monoisotopic (exact) mass is 381 g/mol. The lowest BCUT2D eigenvalue weighted by molar-refractivity contribution is -0.137. The van der Waals surface area contributed by atoms with E-state index in [9.17, 15) is 18.0 Å². The zero-order valence-electron chi connectivity index (χ0n) is 15.3. The highest BCUT2D eigenvalue weighted by molar-refractivity contribution is 5.95. The molecule has 1 aromatic carbocycles. The lowest BCUT2D eigenvalue weighted by Gasteiger charge is -2.17. The van der Waals surface area contributed by atoms with Gasteiger partial charge in [-0.1, -0.05) is 6.07 Å². The highest BCUT2D eigenvalue weighted by Crippen LogP contribution is 2.43. The van der Waals surface area contributed by atoms with Gasteiger partial charge in [0, 0.05) is 26.1 Å². The maximum Gasteiger partial charge on any atom is 0.416 e. The summed E-state index contributed by atoms with van der Waals surface area (Å²) in [5.74, 6) is -0.0592. The van der Waals surface area contributed by atoms with E-state index in [1.807, 2.05) is 6.92 Å². The maximum atomic E-state index is 13.0. The molecule has 0 radical (unpaired) electrons. The van der Waals surface area contributed by atoms with Gasteiger partial charge >= 0.3 is 6.18 Å². The van der Waals surface area contributed by atoms with Crippen molar-refractivity contribution in [3.05, 3.63) is 47.3 Å². The number of alkyl halides is 3. The Morgan fingerprint density at radius 1 is 1.37 bits per heavy atom. The van der Waals surface area contributed by atoms with Gasteiger partial charge in [0.2, 0.25) is 0 Å². The zero-order valence-corrected chi connectivity index (χ0v) is 15.3. The predicted molar refractivity (Wildman–Crippen MR) is 94.0 cm³/mol. The molecule has 8 heteroatoms. The third-order valence-electron chi connectivity index (χ3n) is 4.54. The molecule has 1 fully saturated rings. The summed E-state index contributed by atoms with van der Waals surface area (Å²) in [6, 6.07) is 5.01. The van der Waals surface area contributed by atoms with Gasteiger partial charge in [0.1, 0.15) is 0 Å². The second-order valence-electron chi connectivity index (χ2n) is 6.60. The van der Waals surface area contributed by atoms with E-state index in [0.29, 0.717) is 36.7 Å². The molecule has 0 unspecified atom stereocenters. The quantitative estimate of drug-likeness (QED) is 0.684. The fourth-order valence-corrected chi connectivity index (χ4v) is 2.95. The van der Waals surface area contributed by atoms with E-state index < -0.39 is 11.7 Å². The lowest BCUT2D eigenvalue weighted by Crippen LogP contribution is -2.30. The molecule has 1 saturated carbocycles. The summed E-state index contributed by atoms with van der Waals surface area (Å²) in [4.78, 5) is 14.4. The molecule has 5 nitrogen and oxygen atoms in total. The molecule has 0 saturated heterocycles. The van der Waals surface area contributed by atoms with Crippen molar-refractivity contribution < 1.29 is 22.7 Å². The van der Waals surface area contributed by atoms with Crippen molar-refractivity contribution >= 4 is 5.91 Å². The Morgan fingerprint density at radius 2 is 2.11 bits per heavy atom. The van der Waals surface area contributed by atoms with Gasteiger partial charge in [0.25, 0.3) is 5.91 Å². The summed E-state index contributed by atoms with van der Waals surface area (Å²) < 4.78 is 45.9. The van der Waals surface area contributed by atoms with Crippen LogP contribution in [0.1, 0.15) is 47.3 Å². The van der Waals surface area contributed by atoms with E-state index in [4.69, 9.17) is 4.74 Å². The molecule has 1 aliphatic carbocycles. The van der Waals surface area contributed by atoms with Crippen molar-refractivity contribution in [2.75, 3.05) is 26.8 Å². The summed E-state index contributed by atoms with van der Waals surface area (Å²) in [7, 11) is 1.68. The average molecular weight is 381 g/mol. The summed E-state index contributed by atoms with van der Waals surface area (Å²) in [6.45, 7) is 3.32. The Morgan fingerprint density at radius 3 is 2.74 bits per heavy atom. The van der Waals surface area contributed by atoms with Gasteiger partial charge in [-0.05, 0) is 38.0 Å². The van der Waals surface area contributed by atoms with Crippen LogP contribution in [0.4, 0.5) is 13.2 Å². The molecule has 0 spiro atoms. The van der Waals surface area contributed by atoms with Crippen LogP contribution < -0.4 is 0 Å². The molecule has 0 atom stereocenters. The predicted octanol–water partition coefficient (Wildman–Crippen LogP) is 3.88. The maximum absolute atomic E-state index is 13.0. The Kier molecular flexibility index (Phi) is 5.55. The van der Waals surface area contributed by atoms with Crippen molar-refractivity contribution in [2.45, 2.75) is 31.9 Å². The third kappa shape index (κ3) is 4.32. The smallest absolute Gasteiger partial charge is 0.380 e. The lowest BCUT2D eigenvalue weighted by atomic mass is 10.1. The first-order chi connectivity index (χ1) is 12.8. The number of hydrogen-bond acceptors (Lipinski definition) is 3. The normalized spacial score (nSPS) is 14.4. The van der Waals surface area contributed by atoms with Crippen LogP contribution >= 0.6 is 0 Å². The van der Waals surface area contributed by atoms with E-state index in [0.717, 1.165) is 25.0 Å². The molecule has 0 N–H and O–H groups in total. The highest BCUT2D eigenvalue weighted by atomic mass is 19.4. The Labute approximate surface area is 155 Å². The molecule has 3 rings (SSSR count). The van der Waals surface area contributed by atoms with Crippen LogP contribution in [0.2, 0.25) is 0 Å². The van der Waals surface area contributed by atoms with Gasteiger partial charge in [-0.15, -0.1) is 0 Å². The van der Waals surface area contributed by atoms with Gasteiger partial charge in [-0.3, -0.25) is 4.79 Å². The van der Waals surface area contributed by atoms with Crippen LogP contribution in [0.3, 0.4) is 0 Å². The van der Waals surface area contributed by atoms with Crippen molar-refractivity contribution in [3.63, 3.8) is 0 Å². The summed E-state index contributed by atoms with van der Waals surface area (Å²) >= 11 is 0. The first kappa shape index (κ1) is 19.4. The van der Waals surface area contributed by atoms with E-state index in [2.05, 4.69) is 5.10 Å². The molecule has 146 valence electrons. The zero-order chi connectivity index (χ0) is 19.6. The topological polar surface area (TPSA) is 47.4 Å². The minimum absolute atomic E-state index is 0.140. The number of rotatable bonds is 7. The molecule has 27 heavy (non-hydrogen) atoms. The van der Waals surface area contributed by atoms with Crippen molar-refractivity contribution in [2.24, 2.45) is 0 Å². The number of amides is 1. The fraction of sp³-hybridized carbons (Fsp3) is 0.474. The first-order valence-electron chi connectivity index (χ1n) is 8.91. The van der Waals surface area contributed by atoms with Crippen LogP contribution in [0.25, 0.3) is 5.69 Å². The van der Waals surface area contributed by atoms with Gasteiger partial charge in [0.15, 0.2) is 0 Å². The number of nitrogens with zero attached hydrogens (tertiary/aromatic N) is 3. The molecule has 1 aromatic heterocycles. The van der Waals surface area contributed by atoms with Crippen molar-refractivity contribution in [3.8, 4) is 5.69 Å². The minimum atomic E-state index is -4.43. The molecule has 1 heterocycles. The molecule has 2 aromatic rings. The molecule has 1 aliphatic rings. The molecular weight excluding hydrogens is 359 g/mol. The van der Waals surface area contributed by atoms with E-state index in [1.165, 1.54) is 16.9 Å². The Balaban J connectivity index is 1.92.